The van der Waals surface area contributed by atoms with Gasteiger partial charge < -0.3 is 10.6 Å². The minimum absolute atomic E-state index is 0.194. The summed E-state index contributed by atoms with van der Waals surface area (Å²) >= 11 is 12.0. The van der Waals surface area contributed by atoms with Crippen molar-refractivity contribution in [3.8, 4) is 0 Å². The van der Waals surface area contributed by atoms with Crippen molar-refractivity contribution in [2.24, 2.45) is 0 Å². The molecule has 1 saturated carbocycles. The molecule has 108 valence electrons. The van der Waals surface area contributed by atoms with Crippen LogP contribution in [0.5, 0.6) is 0 Å². The van der Waals surface area contributed by atoms with E-state index >= 15 is 0 Å². The molecule has 7 heteroatoms. The number of hydrogen-bond acceptors (Lipinski definition) is 4. The van der Waals surface area contributed by atoms with E-state index in [1.54, 1.807) is 24.3 Å². The molecular formula is C14H12Cl2N4O. The maximum Gasteiger partial charge on any atom is 0.270 e. The number of nitrogens with zero attached hydrogens (tertiary/aromatic N) is 2. The zero-order valence-corrected chi connectivity index (χ0v) is 12.4. The predicted molar refractivity (Wildman–Crippen MR) is 82.3 cm³/mol. The summed E-state index contributed by atoms with van der Waals surface area (Å²) in [6.45, 7) is 0. The Balaban J connectivity index is 1.79. The lowest BCUT2D eigenvalue weighted by molar-refractivity contribution is 0.0946. The SMILES string of the molecule is O=C(NC1CC1)c1cc(Nc2cc(Cl)ccc2Cl)ncn1. The normalized spacial score (nSPS) is 13.8. The fourth-order valence-electron chi connectivity index (χ4n) is 1.77. The van der Waals surface area contributed by atoms with Crippen molar-refractivity contribution < 1.29 is 4.79 Å². The van der Waals surface area contributed by atoms with E-state index in [0.717, 1.165) is 12.8 Å². The molecule has 1 aliphatic rings. The highest BCUT2D eigenvalue weighted by molar-refractivity contribution is 6.35. The molecule has 1 aromatic carbocycles. The fourth-order valence-corrected chi connectivity index (χ4v) is 2.11. The van der Waals surface area contributed by atoms with Gasteiger partial charge in [0.05, 0.1) is 10.7 Å². The van der Waals surface area contributed by atoms with Gasteiger partial charge in [0.15, 0.2) is 0 Å². The standard InChI is InChI=1S/C14H12Cl2N4O/c15-8-1-4-10(16)11(5-8)20-13-6-12(17-7-18-13)14(21)19-9-2-3-9/h1,4-7,9H,2-3H2,(H,19,21)(H,17,18,20). The van der Waals surface area contributed by atoms with Crippen LogP contribution in [0.25, 0.3) is 0 Å². The molecule has 0 saturated heterocycles. The zero-order chi connectivity index (χ0) is 14.8. The molecule has 0 radical (unpaired) electrons. The summed E-state index contributed by atoms with van der Waals surface area (Å²) in [7, 11) is 0. The van der Waals surface area contributed by atoms with Crippen LogP contribution in [0.2, 0.25) is 10.0 Å². The van der Waals surface area contributed by atoms with Crippen LogP contribution in [-0.4, -0.2) is 21.9 Å². The van der Waals surface area contributed by atoms with Gasteiger partial charge >= 0.3 is 0 Å². The van der Waals surface area contributed by atoms with Crippen LogP contribution in [0.3, 0.4) is 0 Å². The molecule has 3 rings (SSSR count). The minimum atomic E-state index is -0.194. The number of carbonyl (C=O) groups is 1. The molecule has 0 bridgehead atoms. The monoisotopic (exact) mass is 322 g/mol. The molecule has 0 aliphatic heterocycles. The van der Waals surface area contributed by atoms with E-state index in [9.17, 15) is 4.79 Å². The van der Waals surface area contributed by atoms with Gasteiger partial charge in [0.2, 0.25) is 0 Å². The lowest BCUT2D eigenvalue weighted by atomic mass is 10.3. The Morgan fingerprint density at radius 3 is 2.76 bits per heavy atom. The van der Waals surface area contributed by atoms with Gasteiger partial charge in [-0.05, 0) is 31.0 Å². The van der Waals surface area contributed by atoms with E-state index < -0.39 is 0 Å². The quantitative estimate of drug-likeness (QED) is 0.905. The van der Waals surface area contributed by atoms with Crippen LogP contribution in [-0.2, 0) is 0 Å². The molecule has 1 heterocycles. The summed E-state index contributed by atoms with van der Waals surface area (Å²) in [4.78, 5) is 20.0. The van der Waals surface area contributed by atoms with Crippen molar-refractivity contribution in [3.63, 3.8) is 0 Å². The number of rotatable bonds is 4. The van der Waals surface area contributed by atoms with E-state index in [1.807, 2.05) is 0 Å². The van der Waals surface area contributed by atoms with Crippen molar-refractivity contribution in [3.05, 3.63) is 46.3 Å². The lowest BCUT2D eigenvalue weighted by Gasteiger charge is -2.09. The topological polar surface area (TPSA) is 66.9 Å². The van der Waals surface area contributed by atoms with Crippen molar-refractivity contribution >= 4 is 40.6 Å². The Labute approximate surface area is 131 Å². The molecule has 1 aromatic heterocycles. The van der Waals surface area contributed by atoms with Crippen molar-refractivity contribution in [2.45, 2.75) is 18.9 Å². The van der Waals surface area contributed by atoms with Crippen LogP contribution < -0.4 is 10.6 Å². The molecule has 21 heavy (non-hydrogen) atoms. The second-order valence-corrected chi connectivity index (χ2v) is 5.63. The minimum Gasteiger partial charge on any atom is -0.348 e. The number of nitrogens with one attached hydrogen (secondary N) is 2. The van der Waals surface area contributed by atoms with Gasteiger partial charge in [-0.2, -0.15) is 0 Å². The van der Waals surface area contributed by atoms with Gasteiger partial charge in [-0.25, -0.2) is 9.97 Å². The Morgan fingerprint density at radius 1 is 1.19 bits per heavy atom. The van der Waals surface area contributed by atoms with Crippen molar-refractivity contribution in [1.29, 1.82) is 0 Å². The first-order valence-corrected chi connectivity index (χ1v) is 7.22. The molecule has 0 spiro atoms. The average Bonchev–Trinajstić information content (AvgIpc) is 3.27. The second kappa shape index (κ2) is 5.87. The molecule has 1 amide bonds. The number of aromatic nitrogens is 2. The third kappa shape index (κ3) is 3.62. The highest BCUT2D eigenvalue weighted by Crippen LogP contribution is 2.27. The Bertz CT molecular complexity index is 688. The van der Waals surface area contributed by atoms with Gasteiger partial charge in [0.1, 0.15) is 17.8 Å². The van der Waals surface area contributed by atoms with Crippen molar-refractivity contribution in [1.82, 2.24) is 15.3 Å². The van der Waals surface area contributed by atoms with Gasteiger partial charge in [-0.1, -0.05) is 23.2 Å². The first-order valence-electron chi connectivity index (χ1n) is 6.47. The Hall–Kier alpha value is -1.85. The Morgan fingerprint density at radius 2 is 2.00 bits per heavy atom. The van der Waals surface area contributed by atoms with E-state index in [-0.39, 0.29) is 11.9 Å². The van der Waals surface area contributed by atoms with Crippen LogP contribution in [0.1, 0.15) is 23.3 Å². The highest BCUT2D eigenvalue weighted by Gasteiger charge is 2.24. The predicted octanol–water partition coefficient (Wildman–Crippen LogP) is 3.42. The molecule has 0 atom stereocenters. The molecule has 2 N–H and O–H groups in total. The van der Waals surface area contributed by atoms with Crippen LogP contribution in [0, 0.1) is 0 Å². The number of halogens is 2. The second-order valence-electron chi connectivity index (χ2n) is 4.79. The van der Waals surface area contributed by atoms with Crippen LogP contribution in [0.4, 0.5) is 11.5 Å². The smallest absolute Gasteiger partial charge is 0.270 e. The molecule has 5 nitrogen and oxygen atoms in total. The summed E-state index contributed by atoms with van der Waals surface area (Å²) in [5.74, 6) is 0.287. The summed E-state index contributed by atoms with van der Waals surface area (Å²) in [5, 5.41) is 6.98. The number of amides is 1. The van der Waals surface area contributed by atoms with Crippen molar-refractivity contribution in [2.75, 3.05) is 5.32 Å². The number of hydrogen-bond donors (Lipinski definition) is 2. The molecule has 1 fully saturated rings. The highest BCUT2D eigenvalue weighted by atomic mass is 35.5. The third-order valence-electron chi connectivity index (χ3n) is 3.00. The van der Waals surface area contributed by atoms with Gasteiger partial charge in [0.25, 0.3) is 5.91 Å². The summed E-state index contributed by atoms with van der Waals surface area (Å²) in [6.07, 6.45) is 3.39. The third-order valence-corrected chi connectivity index (χ3v) is 3.57. The number of carbonyl (C=O) groups excluding carboxylic acids is 1. The largest absolute Gasteiger partial charge is 0.348 e. The maximum absolute atomic E-state index is 11.9. The molecule has 0 unspecified atom stereocenters. The lowest BCUT2D eigenvalue weighted by Crippen LogP contribution is -2.26. The first kappa shape index (κ1) is 14.1. The number of anilines is 2. The average molecular weight is 323 g/mol. The van der Waals surface area contributed by atoms with E-state index in [4.69, 9.17) is 23.2 Å². The number of benzene rings is 1. The zero-order valence-electron chi connectivity index (χ0n) is 10.9. The van der Waals surface area contributed by atoms with Crippen LogP contribution >= 0.6 is 23.2 Å². The summed E-state index contributed by atoms with van der Waals surface area (Å²) < 4.78 is 0. The van der Waals surface area contributed by atoms with Gasteiger partial charge in [-0.15, -0.1) is 0 Å². The van der Waals surface area contributed by atoms with Crippen LogP contribution in [0.15, 0.2) is 30.6 Å². The fraction of sp³-hybridized carbons (Fsp3) is 0.214. The summed E-state index contributed by atoms with van der Waals surface area (Å²) in [5.41, 5.74) is 0.939. The maximum atomic E-state index is 11.9. The molecule has 2 aromatic rings. The Kier molecular flexibility index (Phi) is 3.94. The van der Waals surface area contributed by atoms with Gasteiger partial charge in [-0.3, -0.25) is 4.79 Å². The molecular weight excluding hydrogens is 311 g/mol. The van der Waals surface area contributed by atoms with E-state index in [1.165, 1.54) is 6.33 Å². The first-order chi connectivity index (χ1) is 10.1. The van der Waals surface area contributed by atoms with E-state index in [2.05, 4.69) is 20.6 Å². The van der Waals surface area contributed by atoms with E-state index in [0.29, 0.717) is 27.2 Å². The molecule has 1 aliphatic carbocycles. The summed E-state index contributed by atoms with van der Waals surface area (Å²) in [6, 6.07) is 6.94. The van der Waals surface area contributed by atoms with Gasteiger partial charge in [0, 0.05) is 17.1 Å².